The van der Waals surface area contributed by atoms with Gasteiger partial charge >= 0.3 is 7.12 Å². The van der Waals surface area contributed by atoms with Gasteiger partial charge in [0.15, 0.2) is 5.78 Å². The van der Waals surface area contributed by atoms with Gasteiger partial charge in [-0.05, 0) is 40.5 Å². The number of carbonyl (C=O) groups is 2. The van der Waals surface area contributed by atoms with Gasteiger partial charge in [0.1, 0.15) is 5.41 Å². The van der Waals surface area contributed by atoms with Crippen LogP contribution in [0.2, 0.25) is 0 Å². The van der Waals surface area contributed by atoms with Crippen LogP contribution in [0.4, 0.5) is 0 Å². The van der Waals surface area contributed by atoms with Crippen molar-refractivity contribution in [1.29, 1.82) is 0 Å². The minimum atomic E-state index is -1.01. The van der Waals surface area contributed by atoms with Crippen molar-refractivity contribution in [2.45, 2.75) is 65.6 Å². The number of nitrogens with one attached hydrogen (secondary N) is 1. The Hall–Kier alpha value is -1.14. The molecule has 0 saturated carbocycles. The van der Waals surface area contributed by atoms with E-state index in [1.165, 1.54) is 6.20 Å². The zero-order valence-electron chi connectivity index (χ0n) is 13.7. The minimum Gasteiger partial charge on any atom is -0.399 e. The zero-order chi connectivity index (χ0) is 16.1. The lowest BCUT2D eigenvalue weighted by Gasteiger charge is -2.33. The molecule has 5 nitrogen and oxygen atoms in total. The Kier molecular flexibility index (Phi) is 3.83. The SMILES string of the molecule is CCC1(CC)C(=O)NC=C(B2OC(C)(C)C(C)(C)O2)C1=O. The summed E-state index contributed by atoms with van der Waals surface area (Å²) < 4.78 is 11.9. The highest BCUT2D eigenvalue weighted by molar-refractivity contribution is 6.63. The van der Waals surface area contributed by atoms with Crippen LogP contribution in [0.3, 0.4) is 0 Å². The molecular weight excluding hydrogens is 269 g/mol. The van der Waals surface area contributed by atoms with Gasteiger partial charge in [0, 0.05) is 11.7 Å². The standard InChI is InChI=1S/C15H24BNO4/c1-7-15(8-2)11(18)10(9-17-12(15)19)16-20-13(3,4)14(5,6)21-16/h9H,7-8H2,1-6H3,(H,17,19). The van der Waals surface area contributed by atoms with Crippen molar-refractivity contribution >= 4 is 18.8 Å². The third-order valence-corrected chi connectivity index (χ3v) is 5.20. The van der Waals surface area contributed by atoms with E-state index in [1.807, 2.05) is 41.5 Å². The van der Waals surface area contributed by atoms with Crippen LogP contribution in [0.5, 0.6) is 0 Å². The van der Waals surface area contributed by atoms with Crippen molar-refractivity contribution in [3.05, 3.63) is 11.7 Å². The van der Waals surface area contributed by atoms with Gasteiger partial charge < -0.3 is 14.6 Å². The lowest BCUT2D eigenvalue weighted by Crippen LogP contribution is -2.51. The van der Waals surface area contributed by atoms with E-state index in [9.17, 15) is 9.59 Å². The van der Waals surface area contributed by atoms with Crippen molar-refractivity contribution in [3.8, 4) is 0 Å². The van der Waals surface area contributed by atoms with E-state index >= 15 is 0 Å². The number of ketones is 1. The second-order valence-electron chi connectivity index (χ2n) is 6.78. The molecule has 0 radical (unpaired) electrons. The first-order valence-corrected chi connectivity index (χ1v) is 7.53. The molecule has 2 aliphatic heterocycles. The molecule has 2 rings (SSSR count). The van der Waals surface area contributed by atoms with Crippen LogP contribution in [0.1, 0.15) is 54.4 Å². The Labute approximate surface area is 126 Å². The normalized spacial score (nSPS) is 26.6. The average molecular weight is 293 g/mol. The van der Waals surface area contributed by atoms with E-state index in [2.05, 4.69) is 5.32 Å². The van der Waals surface area contributed by atoms with Gasteiger partial charge in [0.2, 0.25) is 5.91 Å². The van der Waals surface area contributed by atoms with Crippen LogP contribution in [0, 0.1) is 5.41 Å². The Balaban J connectivity index is 2.35. The highest BCUT2D eigenvalue weighted by Gasteiger charge is 2.57. The number of Topliss-reactive ketones (excluding diaryl/α,β-unsaturated/α-hetero) is 1. The van der Waals surface area contributed by atoms with Crippen LogP contribution < -0.4 is 5.32 Å². The molecule has 0 bridgehead atoms. The Morgan fingerprint density at radius 1 is 1.05 bits per heavy atom. The topological polar surface area (TPSA) is 64.6 Å². The molecule has 0 aromatic heterocycles. The molecule has 2 heterocycles. The molecule has 0 aliphatic carbocycles. The van der Waals surface area contributed by atoms with Crippen LogP contribution in [0.15, 0.2) is 11.7 Å². The van der Waals surface area contributed by atoms with Gasteiger partial charge in [-0.15, -0.1) is 0 Å². The van der Waals surface area contributed by atoms with Gasteiger partial charge in [-0.25, -0.2) is 0 Å². The summed E-state index contributed by atoms with van der Waals surface area (Å²) in [7, 11) is -0.736. The monoisotopic (exact) mass is 293 g/mol. The fraction of sp³-hybridized carbons (Fsp3) is 0.733. The molecule has 6 heteroatoms. The third kappa shape index (κ3) is 2.25. The molecule has 0 spiro atoms. The number of hydrogen-bond donors (Lipinski definition) is 1. The van der Waals surface area contributed by atoms with Crippen LogP contribution >= 0.6 is 0 Å². The zero-order valence-corrected chi connectivity index (χ0v) is 13.7. The summed E-state index contributed by atoms with van der Waals surface area (Å²) in [6.07, 6.45) is 2.37. The lowest BCUT2D eigenvalue weighted by molar-refractivity contribution is -0.141. The molecule has 21 heavy (non-hydrogen) atoms. The van der Waals surface area contributed by atoms with E-state index in [4.69, 9.17) is 9.31 Å². The Bertz CT molecular complexity index is 490. The molecule has 1 saturated heterocycles. The van der Waals surface area contributed by atoms with Crippen molar-refractivity contribution in [1.82, 2.24) is 5.32 Å². The molecule has 1 N–H and O–H groups in total. The first-order chi connectivity index (χ1) is 9.61. The van der Waals surface area contributed by atoms with Gasteiger partial charge in [-0.1, -0.05) is 13.8 Å². The summed E-state index contributed by atoms with van der Waals surface area (Å²) in [4.78, 5) is 25.0. The lowest BCUT2D eigenvalue weighted by atomic mass is 9.64. The molecule has 1 fully saturated rings. The van der Waals surface area contributed by atoms with Crippen molar-refractivity contribution in [3.63, 3.8) is 0 Å². The maximum atomic E-state index is 12.8. The predicted octanol–water partition coefficient (Wildman–Crippen LogP) is 2.01. The van der Waals surface area contributed by atoms with Crippen LogP contribution in [-0.2, 0) is 18.9 Å². The first kappa shape index (κ1) is 16.2. The molecule has 0 atom stereocenters. The fourth-order valence-electron chi connectivity index (χ4n) is 2.76. The molecule has 0 unspecified atom stereocenters. The van der Waals surface area contributed by atoms with E-state index in [0.29, 0.717) is 18.3 Å². The number of carbonyl (C=O) groups excluding carboxylic acids is 2. The second kappa shape index (κ2) is 4.95. The number of amides is 1. The number of rotatable bonds is 3. The molecule has 2 aliphatic rings. The number of hydrogen-bond acceptors (Lipinski definition) is 4. The summed E-state index contributed by atoms with van der Waals surface area (Å²) in [6.45, 7) is 11.5. The largest absolute Gasteiger partial charge is 0.500 e. The summed E-state index contributed by atoms with van der Waals surface area (Å²) in [5.74, 6) is -0.424. The molecule has 1 amide bonds. The van der Waals surface area contributed by atoms with Crippen LogP contribution in [-0.4, -0.2) is 30.0 Å². The number of allylic oxidation sites excluding steroid dienone is 1. The summed E-state index contributed by atoms with van der Waals surface area (Å²) >= 11 is 0. The highest BCUT2D eigenvalue weighted by atomic mass is 16.7. The van der Waals surface area contributed by atoms with Crippen molar-refractivity contribution in [2.24, 2.45) is 5.41 Å². The van der Waals surface area contributed by atoms with Crippen molar-refractivity contribution in [2.75, 3.05) is 0 Å². The second-order valence-corrected chi connectivity index (χ2v) is 6.78. The van der Waals surface area contributed by atoms with E-state index in [0.717, 1.165) is 0 Å². The van der Waals surface area contributed by atoms with E-state index < -0.39 is 23.7 Å². The fourth-order valence-corrected chi connectivity index (χ4v) is 2.76. The van der Waals surface area contributed by atoms with Gasteiger partial charge in [0.05, 0.1) is 11.2 Å². The summed E-state index contributed by atoms with van der Waals surface area (Å²) in [5.41, 5.74) is -1.63. The van der Waals surface area contributed by atoms with E-state index in [1.54, 1.807) is 0 Å². The van der Waals surface area contributed by atoms with Gasteiger partial charge in [-0.3, -0.25) is 9.59 Å². The maximum absolute atomic E-state index is 12.8. The van der Waals surface area contributed by atoms with Gasteiger partial charge in [0.25, 0.3) is 0 Å². The van der Waals surface area contributed by atoms with Gasteiger partial charge in [-0.2, -0.15) is 0 Å². The van der Waals surface area contributed by atoms with E-state index in [-0.39, 0.29) is 11.7 Å². The summed E-state index contributed by atoms with van der Waals surface area (Å²) in [5, 5.41) is 2.71. The van der Waals surface area contributed by atoms with Crippen molar-refractivity contribution < 1.29 is 18.9 Å². The smallest absolute Gasteiger partial charge is 0.399 e. The highest BCUT2D eigenvalue weighted by Crippen LogP contribution is 2.41. The van der Waals surface area contributed by atoms with Crippen LogP contribution in [0.25, 0.3) is 0 Å². The quantitative estimate of drug-likeness (QED) is 0.638. The summed E-state index contributed by atoms with van der Waals surface area (Å²) in [6, 6.07) is 0. The first-order valence-electron chi connectivity index (χ1n) is 7.53. The molecule has 0 aromatic rings. The molecular formula is C15H24BNO4. The third-order valence-electron chi connectivity index (χ3n) is 5.20. The predicted molar refractivity (Wildman–Crippen MR) is 80.3 cm³/mol. The Morgan fingerprint density at radius 2 is 1.52 bits per heavy atom. The average Bonchev–Trinajstić information content (AvgIpc) is 2.60. The minimum absolute atomic E-state index is 0.185. The molecule has 0 aromatic carbocycles. The molecule has 116 valence electrons. The Morgan fingerprint density at radius 3 is 1.95 bits per heavy atom. The maximum Gasteiger partial charge on any atom is 0.500 e.